The van der Waals surface area contributed by atoms with Crippen molar-refractivity contribution in [2.45, 2.75) is 19.9 Å². The van der Waals surface area contributed by atoms with Crippen molar-refractivity contribution in [1.82, 2.24) is 9.13 Å². The molecule has 0 fully saturated rings. The van der Waals surface area contributed by atoms with Crippen LogP contribution < -0.4 is 16.6 Å². The Morgan fingerprint density at radius 3 is 2.44 bits per heavy atom. The van der Waals surface area contributed by atoms with Crippen LogP contribution in [0.25, 0.3) is 6.08 Å². The van der Waals surface area contributed by atoms with Gasteiger partial charge < -0.3 is 10.1 Å². The second kappa shape index (κ2) is 7.06. The molecule has 1 N–H and O–H groups in total. The molecule has 8 heteroatoms. The predicted octanol–water partition coefficient (Wildman–Crippen LogP) is 1.39. The zero-order chi connectivity index (χ0) is 19.7. The molecule has 1 aromatic heterocycles. The standard InChI is InChI=1S/C19H19N3O5/c1-4-9-22-16-14(17(24)21(2)19(22)26)15(23)13(20-16)10-11-5-7-12(8-6-11)18(25)27-3/h5-8,10,20H,4,9H2,1-3H3/b13-10-. The highest BCUT2D eigenvalue weighted by molar-refractivity contribution is 6.19. The molecule has 0 aliphatic carbocycles. The van der Waals surface area contributed by atoms with Gasteiger partial charge >= 0.3 is 11.7 Å². The van der Waals surface area contributed by atoms with Crippen LogP contribution >= 0.6 is 0 Å². The minimum atomic E-state index is -0.621. The minimum Gasteiger partial charge on any atom is -0.465 e. The van der Waals surface area contributed by atoms with Gasteiger partial charge in [0, 0.05) is 13.6 Å². The number of allylic oxidation sites excluding steroid dienone is 1. The maximum absolute atomic E-state index is 12.7. The number of aromatic nitrogens is 2. The normalized spacial score (nSPS) is 14.2. The van der Waals surface area contributed by atoms with E-state index in [0.717, 1.165) is 4.57 Å². The van der Waals surface area contributed by atoms with Crippen molar-refractivity contribution in [1.29, 1.82) is 0 Å². The lowest BCUT2D eigenvalue weighted by atomic mass is 10.1. The average molecular weight is 369 g/mol. The largest absolute Gasteiger partial charge is 0.465 e. The Kier molecular flexibility index (Phi) is 4.81. The smallest absolute Gasteiger partial charge is 0.337 e. The fourth-order valence-corrected chi connectivity index (χ4v) is 2.95. The number of methoxy groups -OCH3 is 1. The van der Waals surface area contributed by atoms with Crippen LogP contribution in [0.15, 0.2) is 39.6 Å². The third kappa shape index (κ3) is 3.10. The Morgan fingerprint density at radius 1 is 1.19 bits per heavy atom. The number of nitrogens with zero attached hydrogens (tertiary/aromatic N) is 2. The predicted molar refractivity (Wildman–Crippen MR) is 99.9 cm³/mol. The molecule has 2 aromatic rings. The molecule has 0 unspecified atom stereocenters. The molecule has 1 aromatic carbocycles. The zero-order valence-electron chi connectivity index (χ0n) is 15.2. The van der Waals surface area contributed by atoms with E-state index in [9.17, 15) is 19.2 Å². The van der Waals surface area contributed by atoms with E-state index in [4.69, 9.17) is 0 Å². The van der Waals surface area contributed by atoms with E-state index >= 15 is 0 Å². The van der Waals surface area contributed by atoms with Crippen LogP contribution in [0.5, 0.6) is 0 Å². The highest BCUT2D eigenvalue weighted by Gasteiger charge is 2.32. The van der Waals surface area contributed by atoms with E-state index in [1.54, 1.807) is 30.3 Å². The maximum atomic E-state index is 12.7. The number of ketones is 1. The molecule has 0 amide bonds. The number of benzene rings is 1. The summed E-state index contributed by atoms with van der Waals surface area (Å²) in [5.74, 6) is -0.691. The first-order chi connectivity index (χ1) is 12.9. The number of fused-ring (bicyclic) bond motifs is 1. The van der Waals surface area contributed by atoms with Crippen molar-refractivity contribution in [3.8, 4) is 0 Å². The molecular weight excluding hydrogens is 350 g/mol. The molecule has 0 atom stereocenters. The molecular formula is C19H19N3O5. The van der Waals surface area contributed by atoms with Gasteiger partial charge in [-0.2, -0.15) is 0 Å². The van der Waals surface area contributed by atoms with Crippen LogP contribution in [0.2, 0.25) is 0 Å². The van der Waals surface area contributed by atoms with Gasteiger partial charge in [0.05, 0.1) is 18.4 Å². The molecule has 27 heavy (non-hydrogen) atoms. The Labute approximate surface area is 154 Å². The highest BCUT2D eigenvalue weighted by atomic mass is 16.5. The first-order valence-electron chi connectivity index (χ1n) is 8.44. The second-order valence-electron chi connectivity index (χ2n) is 6.15. The number of carbonyl (C=O) groups is 2. The maximum Gasteiger partial charge on any atom is 0.337 e. The summed E-state index contributed by atoms with van der Waals surface area (Å²) in [7, 11) is 2.66. The van der Waals surface area contributed by atoms with Crippen molar-refractivity contribution in [2.24, 2.45) is 7.05 Å². The molecule has 1 aliphatic rings. The number of ether oxygens (including phenoxy) is 1. The van der Waals surface area contributed by atoms with Crippen molar-refractivity contribution in [3.05, 3.63) is 67.5 Å². The molecule has 0 bridgehead atoms. The van der Waals surface area contributed by atoms with Gasteiger partial charge in [-0.05, 0) is 30.2 Å². The molecule has 1 aliphatic heterocycles. The third-order valence-electron chi connectivity index (χ3n) is 4.36. The number of Topliss-reactive ketones (excluding diaryl/α,β-unsaturated/α-hetero) is 1. The number of hydrogen-bond donors (Lipinski definition) is 1. The van der Waals surface area contributed by atoms with Gasteiger partial charge in [0.15, 0.2) is 0 Å². The van der Waals surface area contributed by atoms with Gasteiger partial charge in [0.25, 0.3) is 5.56 Å². The van der Waals surface area contributed by atoms with E-state index in [1.807, 2.05) is 6.92 Å². The van der Waals surface area contributed by atoms with Crippen LogP contribution in [-0.4, -0.2) is 28.0 Å². The first kappa shape index (κ1) is 18.4. The van der Waals surface area contributed by atoms with E-state index < -0.39 is 23.0 Å². The number of nitrogens with one attached hydrogen (secondary N) is 1. The van der Waals surface area contributed by atoms with Crippen molar-refractivity contribution in [3.63, 3.8) is 0 Å². The molecule has 0 radical (unpaired) electrons. The summed E-state index contributed by atoms with van der Waals surface area (Å²) in [5.41, 5.74) is 0.118. The number of anilines is 1. The fourth-order valence-electron chi connectivity index (χ4n) is 2.95. The van der Waals surface area contributed by atoms with E-state index in [1.165, 1.54) is 18.7 Å². The topological polar surface area (TPSA) is 99.4 Å². The van der Waals surface area contributed by atoms with Crippen LogP contribution in [0.3, 0.4) is 0 Å². The Bertz CT molecular complexity index is 1070. The molecule has 3 rings (SSSR count). The summed E-state index contributed by atoms with van der Waals surface area (Å²) in [6.07, 6.45) is 2.25. The van der Waals surface area contributed by atoms with Gasteiger partial charge in [0.2, 0.25) is 5.78 Å². The van der Waals surface area contributed by atoms with Crippen molar-refractivity contribution in [2.75, 3.05) is 12.4 Å². The lowest BCUT2D eigenvalue weighted by molar-refractivity contribution is 0.0600. The molecule has 0 saturated heterocycles. The molecule has 0 saturated carbocycles. The summed E-state index contributed by atoms with van der Waals surface area (Å²) < 4.78 is 7.00. The summed E-state index contributed by atoms with van der Waals surface area (Å²) >= 11 is 0. The van der Waals surface area contributed by atoms with Crippen LogP contribution in [0, 0.1) is 0 Å². The highest BCUT2D eigenvalue weighted by Crippen LogP contribution is 2.26. The average Bonchev–Trinajstić information content (AvgIpc) is 2.99. The number of rotatable bonds is 4. The monoisotopic (exact) mass is 369 g/mol. The number of hydrogen-bond acceptors (Lipinski definition) is 6. The summed E-state index contributed by atoms with van der Waals surface area (Å²) in [5, 5.41) is 2.91. The van der Waals surface area contributed by atoms with Crippen LogP contribution in [-0.2, 0) is 18.3 Å². The van der Waals surface area contributed by atoms with Gasteiger partial charge in [0.1, 0.15) is 11.4 Å². The van der Waals surface area contributed by atoms with Crippen molar-refractivity contribution < 1.29 is 14.3 Å². The SMILES string of the molecule is CCCn1c2c(c(=O)n(C)c1=O)C(=O)/C(=C/c1ccc(C(=O)OC)cc1)N2. The quantitative estimate of drug-likeness (QED) is 0.646. The molecule has 8 nitrogen and oxygen atoms in total. The van der Waals surface area contributed by atoms with Crippen LogP contribution in [0.4, 0.5) is 5.82 Å². The van der Waals surface area contributed by atoms with Crippen molar-refractivity contribution >= 4 is 23.6 Å². The molecule has 2 heterocycles. The number of esters is 1. The molecule has 0 spiro atoms. The third-order valence-corrected chi connectivity index (χ3v) is 4.36. The van der Waals surface area contributed by atoms with E-state index in [-0.39, 0.29) is 17.1 Å². The summed E-state index contributed by atoms with van der Waals surface area (Å²) in [6.45, 7) is 2.29. The lowest BCUT2D eigenvalue weighted by Gasteiger charge is -2.11. The van der Waals surface area contributed by atoms with Gasteiger partial charge in [-0.3, -0.25) is 18.7 Å². The zero-order valence-corrected chi connectivity index (χ0v) is 15.2. The first-order valence-corrected chi connectivity index (χ1v) is 8.44. The second-order valence-corrected chi connectivity index (χ2v) is 6.15. The van der Waals surface area contributed by atoms with Gasteiger partial charge in [-0.15, -0.1) is 0 Å². The minimum absolute atomic E-state index is 0.0389. The van der Waals surface area contributed by atoms with E-state index in [0.29, 0.717) is 24.1 Å². The summed E-state index contributed by atoms with van der Waals surface area (Å²) in [6, 6.07) is 6.48. The van der Waals surface area contributed by atoms with E-state index in [2.05, 4.69) is 10.1 Å². The lowest BCUT2D eigenvalue weighted by Crippen LogP contribution is -2.40. The fraction of sp³-hybridized carbons (Fsp3) is 0.263. The van der Waals surface area contributed by atoms with Gasteiger partial charge in [-0.1, -0.05) is 19.1 Å². The van der Waals surface area contributed by atoms with Gasteiger partial charge in [-0.25, -0.2) is 9.59 Å². The Balaban J connectivity index is 2.04. The molecule has 140 valence electrons. The Morgan fingerprint density at radius 2 is 1.85 bits per heavy atom. The summed E-state index contributed by atoms with van der Waals surface area (Å²) in [4.78, 5) is 49.0. The Hall–Kier alpha value is -3.42. The number of carbonyl (C=O) groups excluding carboxylic acids is 2. The van der Waals surface area contributed by atoms with Crippen LogP contribution in [0.1, 0.15) is 39.6 Å².